The molecule has 2 aliphatic rings. The lowest BCUT2D eigenvalue weighted by Crippen LogP contribution is -2.39. The van der Waals surface area contributed by atoms with E-state index in [1.54, 1.807) is 11.7 Å². The van der Waals surface area contributed by atoms with Gasteiger partial charge in [-0.25, -0.2) is 9.48 Å². The zero-order valence-corrected chi connectivity index (χ0v) is 19.6. The van der Waals surface area contributed by atoms with Gasteiger partial charge in [0.05, 0.1) is 0 Å². The maximum atomic E-state index is 12.3. The van der Waals surface area contributed by atoms with E-state index in [2.05, 4.69) is 20.7 Å². The number of aryl methyl sites for hydroxylation is 2. The van der Waals surface area contributed by atoms with Crippen molar-refractivity contribution in [3.63, 3.8) is 0 Å². The Morgan fingerprint density at radius 2 is 2.03 bits per heavy atom. The summed E-state index contributed by atoms with van der Waals surface area (Å²) in [5.41, 5.74) is 1.20. The first-order chi connectivity index (χ1) is 14.2. The van der Waals surface area contributed by atoms with Gasteiger partial charge in [0, 0.05) is 39.6 Å². The van der Waals surface area contributed by atoms with E-state index in [4.69, 9.17) is 9.47 Å². The summed E-state index contributed by atoms with van der Waals surface area (Å²) in [4.78, 5) is 16.6. The molecule has 0 unspecified atom stereocenters. The van der Waals surface area contributed by atoms with Crippen molar-refractivity contribution in [1.82, 2.24) is 25.0 Å². The van der Waals surface area contributed by atoms with Gasteiger partial charge in [-0.15, -0.1) is 24.0 Å². The predicted molar refractivity (Wildman–Crippen MR) is 125 cm³/mol. The monoisotopic (exact) mass is 528 g/mol. The topological polar surface area (TPSA) is 94.7 Å². The van der Waals surface area contributed by atoms with E-state index < -0.39 is 0 Å². The molecule has 0 saturated heterocycles. The number of aliphatic imine (C=N–C) groups is 1. The Labute approximate surface area is 192 Å². The smallest absolute Gasteiger partial charge is 0.345 e. The predicted octanol–water partition coefficient (Wildman–Crippen LogP) is 1.53. The molecule has 2 aromatic rings. The molecule has 1 aromatic heterocycles. The van der Waals surface area contributed by atoms with Gasteiger partial charge in [-0.05, 0) is 43.4 Å². The number of rotatable bonds is 7. The molecule has 2 N–H and O–H groups in total. The van der Waals surface area contributed by atoms with Gasteiger partial charge in [-0.2, -0.15) is 5.10 Å². The number of aromatic nitrogens is 3. The molecule has 0 radical (unpaired) electrons. The summed E-state index contributed by atoms with van der Waals surface area (Å²) in [5.74, 6) is 3.29. The van der Waals surface area contributed by atoms with Crippen molar-refractivity contribution in [1.29, 1.82) is 0 Å². The Morgan fingerprint density at radius 3 is 2.87 bits per heavy atom. The highest BCUT2D eigenvalue weighted by molar-refractivity contribution is 14.0. The number of ether oxygens (including phenoxy) is 2. The molecule has 164 valence electrons. The standard InChI is InChI=1S/C20H28N6O3.HI/c1-21-19(23-10-8-15-6-7-16-17(13-15)29-14-28-16)22-9-4-12-26-20(27)25-11-3-2-5-18(25)24-26;/h6-7,13H,2-5,8-12,14H2,1H3,(H2,21,22,23);1H. The minimum absolute atomic E-state index is 0. The maximum Gasteiger partial charge on any atom is 0.345 e. The highest BCUT2D eigenvalue weighted by atomic mass is 127. The Balaban J connectivity index is 0.00000256. The van der Waals surface area contributed by atoms with Crippen LogP contribution in [0.5, 0.6) is 11.5 Å². The number of nitrogens with zero attached hydrogens (tertiary/aromatic N) is 4. The number of benzene rings is 1. The Morgan fingerprint density at radius 1 is 1.20 bits per heavy atom. The van der Waals surface area contributed by atoms with E-state index in [1.807, 2.05) is 22.8 Å². The van der Waals surface area contributed by atoms with Gasteiger partial charge < -0.3 is 20.1 Å². The second-order valence-electron chi connectivity index (χ2n) is 7.25. The van der Waals surface area contributed by atoms with Crippen LogP contribution >= 0.6 is 24.0 Å². The van der Waals surface area contributed by atoms with Crippen LogP contribution in [0.2, 0.25) is 0 Å². The van der Waals surface area contributed by atoms with Crippen molar-refractivity contribution in [2.75, 3.05) is 26.9 Å². The molecule has 4 rings (SSSR count). The summed E-state index contributed by atoms with van der Waals surface area (Å²) >= 11 is 0. The molecule has 3 heterocycles. The lowest BCUT2D eigenvalue weighted by molar-refractivity contribution is 0.174. The van der Waals surface area contributed by atoms with E-state index in [1.165, 1.54) is 5.56 Å². The summed E-state index contributed by atoms with van der Waals surface area (Å²) in [5, 5.41) is 11.1. The Bertz CT molecular complexity index is 939. The largest absolute Gasteiger partial charge is 0.454 e. The quantitative estimate of drug-likeness (QED) is 0.245. The Hall–Kier alpha value is -2.24. The number of guanidine groups is 1. The van der Waals surface area contributed by atoms with Crippen LogP contribution in [0.15, 0.2) is 28.0 Å². The minimum Gasteiger partial charge on any atom is -0.454 e. The van der Waals surface area contributed by atoms with E-state index in [-0.39, 0.29) is 29.7 Å². The van der Waals surface area contributed by atoms with E-state index in [0.717, 1.165) is 75.0 Å². The highest BCUT2D eigenvalue weighted by Crippen LogP contribution is 2.32. The number of fused-ring (bicyclic) bond motifs is 2. The fourth-order valence-corrected chi connectivity index (χ4v) is 3.67. The van der Waals surface area contributed by atoms with E-state index in [9.17, 15) is 4.79 Å². The van der Waals surface area contributed by atoms with Crippen molar-refractivity contribution in [2.24, 2.45) is 4.99 Å². The SMILES string of the molecule is CN=C(NCCCn1nc2n(c1=O)CCCC2)NCCc1ccc2c(c1)OCO2.I. The lowest BCUT2D eigenvalue weighted by Gasteiger charge is -2.12. The van der Waals surface area contributed by atoms with Crippen LogP contribution in [0, 0.1) is 0 Å². The number of hydrogen-bond donors (Lipinski definition) is 2. The zero-order valence-electron chi connectivity index (χ0n) is 17.2. The first-order valence-corrected chi connectivity index (χ1v) is 10.2. The normalized spacial score (nSPS) is 14.8. The molecule has 2 aliphatic heterocycles. The first kappa shape index (κ1) is 22.4. The molecule has 0 bridgehead atoms. The van der Waals surface area contributed by atoms with Gasteiger partial charge in [-0.3, -0.25) is 9.56 Å². The lowest BCUT2D eigenvalue weighted by atomic mass is 10.1. The molecule has 0 atom stereocenters. The van der Waals surface area contributed by atoms with E-state index >= 15 is 0 Å². The average molecular weight is 528 g/mol. The Kier molecular flexibility index (Phi) is 8.00. The van der Waals surface area contributed by atoms with Crippen LogP contribution in [-0.4, -0.2) is 47.2 Å². The summed E-state index contributed by atoms with van der Waals surface area (Å²) < 4.78 is 14.2. The number of hydrogen-bond acceptors (Lipinski definition) is 5. The third-order valence-corrected chi connectivity index (χ3v) is 5.24. The molecule has 0 amide bonds. The zero-order chi connectivity index (χ0) is 20.1. The number of nitrogens with one attached hydrogen (secondary N) is 2. The van der Waals surface area contributed by atoms with Crippen molar-refractivity contribution < 1.29 is 9.47 Å². The van der Waals surface area contributed by atoms with Gasteiger partial charge >= 0.3 is 5.69 Å². The second kappa shape index (κ2) is 10.7. The van der Waals surface area contributed by atoms with Gasteiger partial charge in [0.25, 0.3) is 0 Å². The van der Waals surface area contributed by atoms with Gasteiger partial charge in [0.15, 0.2) is 17.5 Å². The summed E-state index contributed by atoms with van der Waals surface area (Å²) in [6, 6.07) is 6.01. The molecule has 1 aromatic carbocycles. The molecular weight excluding hydrogens is 499 g/mol. The van der Waals surface area contributed by atoms with Gasteiger partial charge in [0.2, 0.25) is 6.79 Å². The maximum absolute atomic E-state index is 12.3. The van der Waals surface area contributed by atoms with E-state index in [0.29, 0.717) is 13.3 Å². The number of halogens is 1. The average Bonchev–Trinajstić information content (AvgIpc) is 3.34. The molecule has 0 spiro atoms. The minimum atomic E-state index is 0. The van der Waals surface area contributed by atoms with Crippen LogP contribution in [0.4, 0.5) is 0 Å². The summed E-state index contributed by atoms with van der Waals surface area (Å²) in [7, 11) is 1.75. The highest BCUT2D eigenvalue weighted by Gasteiger charge is 2.16. The molecule has 0 aliphatic carbocycles. The van der Waals surface area contributed by atoms with Crippen LogP contribution in [0.3, 0.4) is 0 Å². The second-order valence-corrected chi connectivity index (χ2v) is 7.25. The molecule has 30 heavy (non-hydrogen) atoms. The van der Waals surface area contributed by atoms with Crippen molar-refractivity contribution >= 4 is 29.9 Å². The summed E-state index contributed by atoms with van der Waals surface area (Å²) in [6.45, 7) is 3.18. The fourth-order valence-electron chi connectivity index (χ4n) is 3.67. The van der Waals surface area contributed by atoms with Crippen molar-refractivity contribution in [2.45, 2.75) is 45.2 Å². The van der Waals surface area contributed by atoms with Crippen LogP contribution < -0.4 is 25.8 Å². The third-order valence-electron chi connectivity index (χ3n) is 5.24. The molecule has 0 fully saturated rings. The molecule has 9 nitrogen and oxygen atoms in total. The van der Waals surface area contributed by atoms with Crippen molar-refractivity contribution in [3.8, 4) is 11.5 Å². The molecule has 10 heteroatoms. The molecule has 0 saturated carbocycles. The van der Waals surface area contributed by atoms with Crippen molar-refractivity contribution in [3.05, 3.63) is 40.1 Å². The van der Waals surface area contributed by atoms with Crippen LogP contribution in [0.25, 0.3) is 0 Å². The third kappa shape index (κ3) is 5.27. The van der Waals surface area contributed by atoms with Gasteiger partial charge in [-0.1, -0.05) is 6.07 Å². The van der Waals surface area contributed by atoms with Gasteiger partial charge in [0.1, 0.15) is 5.82 Å². The summed E-state index contributed by atoms with van der Waals surface area (Å²) in [6.07, 6.45) is 4.74. The van der Waals surface area contributed by atoms with Crippen LogP contribution in [-0.2, 0) is 25.9 Å². The fraction of sp³-hybridized carbons (Fsp3) is 0.550. The molecular formula is C20H29IN6O3. The first-order valence-electron chi connectivity index (χ1n) is 10.2. The van der Waals surface area contributed by atoms with Crippen LogP contribution in [0.1, 0.15) is 30.7 Å².